The second kappa shape index (κ2) is 4.76. The Morgan fingerprint density at radius 3 is 2.72 bits per heavy atom. The Labute approximate surface area is 115 Å². The number of nitrogens with one attached hydrogen (secondary N) is 1. The lowest BCUT2D eigenvalue weighted by atomic mass is 10.1. The quantitative estimate of drug-likeness (QED) is 0.907. The van der Waals surface area contributed by atoms with E-state index >= 15 is 0 Å². The Morgan fingerprint density at radius 1 is 1.33 bits per heavy atom. The van der Waals surface area contributed by atoms with Crippen molar-refractivity contribution in [2.24, 2.45) is 0 Å². The van der Waals surface area contributed by atoms with Crippen molar-refractivity contribution in [1.82, 2.24) is 9.88 Å². The van der Waals surface area contributed by atoms with Crippen LogP contribution in [0.5, 0.6) is 0 Å². The minimum absolute atomic E-state index is 0.0278. The number of nitrogens with zero attached hydrogens (tertiary/aromatic N) is 1. The van der Waals surface area contributed by atoms with Gasteiger partial charge in [-0.25, -0.2) is 0 Å². The molecule has 0 radical (unpaired) electrons. The van der Waals surface area contributed by atoms with Gasteiger partial charge >= 0.3 is 0 Å². The number of hydrogen-bond acceptors (Lipinski definition) is 1. The molecular formula is C14H17BrN2O. The molecule has 18 heavy (non-hydrogen) atoms. The van der Waals surface area contributed by atoms with E-state index in [-0.39, 0.29) is 11.4 Å². The third-order valence-electron chi connectivity index (χ3n) is 2.59. The minimum Gasteiger partial charge on any atom is -0.350 e. The fourth-order valence-corrected chi connectivity index (χ4v) is 2.42. The van der Waals surface area contributed by atoms with Crippen LogP contribution in [0.25, 0.3) is 10.9 Å². The highest BCUT2D eigenvalue weighted by Gasteiger charge is 2.14. The lowest BCUT2D eigenvalue weighted by Gasteiger charge is -2.20. The van der Waals surface area contributed by atoms with E-state index in [9.17, 15) is 4.79 Å². The molecule has 4 heteroatoms. The number of fused-ring (bicyclic) bond motifs is 1. The van der Waals surface area contributed by atoms with Crippen LogP contribution in [-0.2, 0) is 11.3 Å². The molecule has 0 aliphatic heterocycles. The summed E-state index contributed by atoms with van der Waals surface area (Å²) in [7, 11) is 0. The first-order valence-electron chi connectivity index (χ1n) is 5.91. The summed E-state index contributed by atoms with van der Waals surface area (Å²) in [5, 5.41) is 4.09. The summed E-state index contributed by atoms with van der Waals surface area (Å²) >= 11 is 3.51. The Morgan fingerprint density at radius 2 is 2.06 bits per heavy atom. The number of carbonyl (C=O) groups excluding carboxylic acids is 1. The molecule has 0 bridgehead atoms. The van der Waals surface area contributed by atoms with Gasteiger partial charge in [0.1, 0.15) is 6.54 Å². The van der Waals surface area contributed by atoms with Gasteiger partial charge in [-0.3, -0.25) is 4.79 Å². The Balaban J connectivity index is 2.23. The topological polar surface area (TPSA) is 34.0 Å². The zero-order valence-electron chi connectivity index (χ0n) is 10.8. The van der Waals surface area contributed by atoms with Crippen LogP contribution in [-0.4, -0.2) is 16.0 Å². The van der Waals surface area contributed by atoms with Gasteiger partial charge in [-0.15, -0.1) is 0 Å². The molecule has 1 heterocycles. The normalized spacial score (nSPS) is 11.8. The monoisotopic (exact) mass is 308 g/mol. The van der Waals surface area contributed by atoms with Crippen LogP contribution in [0.4, 0.5) is 0 Å². The third-order valence-corrected chi connectivity index (χ3v) is 3.28. The van der Waals surface area contributed by atoms with E-state index in [1.165, 1.54) is 0 Å². The SMILES string of the molecule is CC(C)(C)NC(=O)Cn1ccc2c(Br)cccc21. The molecule has 1 N–H and O–H groups in total. The molecule has 1 aromatic heterocycles. The van der Waals surface area contributed by atoms with E-state index in [4.69, 9.17) is 0 Å². The molecule has 0 saturated carbocycles. The van der Waals surface area contributed by atoms with Gasteiger partial charge in [0.15, 0.2) is 0 Å². The van der Waals surface area contributed by atoms with Crippen molar-refractivity contribution >= 4 is 32.7 Å². The van der Waals surface area contributed by atoms with Gasteiger partial charge in [0, 0.05) is 27.1 Å². The van der Waals surface area contributed by atoms with Crippen molar-refractivity contribution in [3.05, 3.63) is 34.9 Å². The smallest absolute Gasteiger partial charge is 0.240 e. The highest BCUT2D eigenvalue weighted by Crippen LogP contribution is 2.24. The molecule has 1 aromatic carbocycles. The maximum atomic E-state index is 11.9. The minimum atomic E-state index is -0.194. The Bertz CT molecular complexity index is 581. The van der Waals surface area contributed by atoms with Crippen LogP contribution in [0, 0.1) is 0 Å². The first kappa shape index (κ1) is 13.1. The van der Waals surface area contributed by atoms with E-state index in [1.54, 1.807) is 0 Å². The second-order valence-electron chi connectivity index (χ2n) is 5.41. The van der Waals surface area contributed by atoms with Crippen molar-refractivity contribution in [1.29, 1.82) is 0 Å². The highest BCUT2D eigenvalue weighted by molar-refractivity contribution is 9.10. The van der Waals surface area contributed by atoms with Crippen molar-refractivity contribution in [3.63, 3.8) is 0 Å². The van der Waals surface area contributed by atoms with Gasteiger partial charge in [-0.2, -0.15) is 0 Å². The molecule has 0 unspecified atom stereocenters. The molecule has 0 aliphatic rings. The summed E-state index contributed by atoms with van der Waals surface area (Å²) in [6, 6.07) is 8.01. The van der Waals surface area contributed by atoms with Gasteiger partial charge in [-0.1, -0.05) is 22.0 Å². The maximum absolute atomic E-state index is 11.9. The molecule has 2 aromatic rings. The fourth-order valence-electron chi connectivity index (χ4n) is 1.94. The fraction of sp³-hybridized carbons (Fsp3) is 0.357. The van der Waals surface area contributed by atoms with Gasteiger partial charge in [0.2, 0.25) is 5.91 Å². The molecule has 96 valence electrons. The number of rotatable bonds is 2. The summed E-state index contributed by atoms with van der Waals surface area (Å²) in [5.41, 5.74) is 0.870. The number of benzene rings is 1. The first-order chi connectivity index (χ1) is 8.37. The van der Waals surface area contributed by atoms with Crippen LogP contribution in [0.2, 0.25) is 0 Å². The Kier molecular flexibility index (Phi) is 3.48. The van der Waals surface area contributed by atoms with E-state index in [0.29, 0.717) is 6.54 Å². The first-order valence-corrected chi connectivity index (χ1v) is 6.70. The van der Waals surface area contributed by atoms with Crippen molar-refractivity contribution in [2.45, 2.75) is 32.9 Å². The summed E-state index contributed by atoms with van der Waals surface area (Å²) in [4.78, 5) is 11.9. The summed E-state index contributed by atoms with van der Waals surface area (Å²) in [5.74, 6) is 0.0278. The maximum Gasteiger partial charge on any atom is 0.240 e. The zero-order valence-corrected chi connectivity index (χ0v) is 12.4. The molecule has 0 fully saturated rings. The molecule has 0 atom stereocenters. The van der Waals surface area contributed by atoms with Crippen LogP contribution in [0.3, 0.4) is 0 Å². The number of carbonyl (C=O) groups is 1. The predicted octanol–water partition coefficient (Wildman–Crippen LogP) is 3.32. The van der Waals surface area contributed by atoms with Crippen molar-refractivity contribution in [2.75, 3.05) is 0 Å². The Hall–Kier alpha value is -1.29. The molecular weight excluding hydrogens is 292 g/mol. The standard InChI is InChI=1S/C14H17BrN2O/c1-14(2,3)16-13(18)9-17-8-7-10-11(15)5-4-6-12(10)17/h4-8H,9H2,1-3H3,(H,16,18). The summed E-state index contributed by atoms with van der Waals surface area (Å²) < 4.78 is 3.01. The highest BCUT2D eigenvalue weighted by atomic mass is 79.9. The predicted molar refractivity (Wildman–Crippen MR) is 77.5 cm³/mol. The van der Waals surface area contributed by atoms with Crippen LogP contribution in [0.1, 0.15) is 20.8 Å². The summed E-state index contributed by atoms with van der Waals surface area (Å²) in [6.07, 6.45) is 1.94. The van der Waals surface area contributed by atoms with Gasteiger partial charge in [0.25, 0.3) is 0 Å². The average Bonchev–Trinajstić information content (AvgIpc) is 2.60. The van der Waals surface area contributed by atoms with Crippen molar-refractivity contribution < 1.29 is 4.79 Å². The lowest BCUT2D eigenvalue weighted by Crippen LogP contribution is -2.42. The largest absolute Gasteiger partial charge is 0.350 e. The number of aromatic nitrogens is 1. The summed E-state index contributed by atoms with van der Waals surface area (Å²) in [6.45, 7) is 6.29. The van der Waals surface area contributed by atoms with E-state index in [1.807, 2.05) is 55.8 Å². The van der Waals surface area contributed by atoms with Gasteiger partial charge in [-0.05, 0) is 39.0 Å². The van der Waals surface area contributed by atoms with Crippen LogP contribution >= 0.6 is 15.9 Å². The molecule has 3 nitrogen and oxygen atoms in total. The van der Waals surface area contributed by atoms with Crippen LogP contribution in [0.15, 0.2) is 34.9 Å². The average molecular weight is 309 g/mol. The number of halogens is 1. The van der Waals surface area contributed by atoms with E-state index < -0.39 is 0 Å². The molecule has 2 rings (SSSR count). The van der Waals surface area contributed by atoms with E-state index in [0.717, 1.165) is 15.4 Å². The lowest BCUT2D eigenvalue weighted by molar-refractivity contribution is -0.123. The van der Waals surface area contributed by atoms with Crippen molar-refractivity contribution in [3.8, 4) is 0 Å². The van der Waals surface area contributed by atoms with Gasteiger partial charge < -0.3 is 9.88 Å². The van der Waals surface area contributed by atoms with E-state index in [2.05, 4.69) is 21.2 Å². The molecule has 0 aliphatic carbocycles. The van der Waals surface area contributed by atoms with Crippen LogP contribution < -0.4 is 5.32 Å². The third kappa shape index (κ3) is 2.93. The molecule has 0 saturated heterocycles. The number of amides is 1. The second-order valence-corrected chi connectivity index (χ2v) is 6.27. The number of hydrogen-bond donors (Lipinski definition) is 1. The molecule has 1 amide bonds. The zero-order chi connectivity index (χ0) is 13.3. The molecule has 0 spiro atoms. The van der Waals surface area contributed by atoms with Gasteiger partial charge in [0.05, 0.1) is 0 Å².